The molecule has 4 rings (SSSR count). The molecule has 1 aliphatic heterocycles. The number of nitrogens with one attached hydrogen (secondary N) is 1. The van der Waals surface area contributed by atoms with Crippen LogP contribution in [0.5, 0.6) is 0 Å². The first-order valence-corrected chi connectivity index (χ1v) is 8.54. The molecule has 2 aromatic heterocycles. The number of allylic oxidation sites excluding steroid dienone is 1. The van der Waals surface area contributed by atoms with Crippen molar-refractivity contribution < 1.29 is 0 Å². The topological polar surface area (TPSA) is 66.8 Å². The van der Waals surface area contributed by atoms with Crippen LogP contribution in [-0.2, 0) is 0 Å². The van der Waals surface area contributed by atoms with Crippen LogP contribution in [-0.4, -0.2) is 32.8 Å². The molecule has 3 heterocycles. The predicted octanol–water partition coefficient (Wildman–Crippen LogP) is 3.05. The van der Waals surface area contributed by atoms with Gasteiger partial charge in [-0.1, -0.05) is 18.2 Å². The molecule has 1 fully saturated rings. The van der Waals surface area contributed by atoms with Crippen molar-refractivity contribution in [3.05, 3.63) is 52.5 Å². The quantitative estimate of drug-likeness (QED) is 0.799. The summed E-state index contributed by atoms with van der Waals surface area (Å²) in [6.45, 7) is 9.85. The van der Waals surface area contributed by atoms with Crippen LogP contribution >= 0.6 is 0 Å². The van der Waals surface area contributed by atoms with Gasteiger partial charge in [0.25, 0.3) is 5.56 Å². The molecular formula is C19H21N5O. The maximum Gasteiger partial charge on any atom is 0.263 e. The summed E-state index contributed by atoms with van der Waals surface area (Å²) < 4.78 is 1.73. The number of aromatic amines is 1. The van der Waals surface area contributed by atoms with Crippen LogP contribution in [0.2, 0.25) is 0 Å². The molecule has 25 heavy (non-hydrogen) atoms. The Balaban J connectivity index is 1.80. The number of nitrogens with zero attached hydrogens (tertiary/aromatic N) is 4. The van der Waals surface area contributed by atoms with E-state index in [1.165, 1.54) is 0 Å². The van der Waals surface area contributed by atoms with E-state index in [2.05, 4.69) is 32.6 Å². The van der Waals surface area contributed by atoms with Crippen LogP contribution in [0.3, 0.4) is 0 Å². The van der Waals surface area contributed by atoms with E-state index in [-0.39, 0.29) is 5.56 Å². The highest BCUT2D eigenvalue weighted by molar-refractivity contribution is 5.75. The van der Waals surface area contributed by atoms with E-state index < -0.39 is 0 Å². The molecule has 6 nitrogen and oxygen atoms in total. The van der Waals surface area contributed by atoms with Crippen molar-refractivity contribution in [3.63, 3.8) is 0 Å². The monoisotopic (exact) mass is 335 g/mol. The number of rotatable bonds is 3. The summed E-state index contributed by atoms with van der Waals surface area (Å²) in [6.07, 6.45) is 4.01. The van der Waals surface area contributed by atoms with Crippen LogP contribution in [0, 0.1) is 6.92 Å². The van der Waals surface area contributed by atoms with Crippen LogP contribution in [0.25, 0.3) is 22.3 Å². The number of fused-ring (bicyclic) bond motifs is 1. The molecule has 0 unspecified atom stereocenters. The van der Waals surface area contributed by atoms with Gasteiger partial charge < -0.3 is 4.90 Å². The zero-order chi connectivity index (χ0) is 17.6. The second kappa shape index (κ2) is 5.88. The van der Waals surface area contributed by atoms with E-state index in [0.29, 0.717) is 17.0 Å². The molecule has 1 aromatic carbocycles. The van der Waals surface area contributed by atoms with Gasteiger partial charge in [0.2, 0.25) is 5.95 Å². The molecule has 0 amide bonds. The molecule has 1 N–H and O–H groups in total. The van der Waals surface area contributed by atoms with Gasteiger partial charge in [0.15, 0.2) is 5.65 Å². The number of aryl methyl sites for hydroxylation is 1. The molecule has 128 valence electrons. The average molecular weight is 335 g/mol. The third kappa shape index (κ3) is 2.73. The minimum atomic E-state index is -0.144. The number of benzene rings is 1. The standard InChI is InChI=1S/C19H21N5O/c1-12(2)14-6-7-16(13(3)10-14)24-11-15-17(22-24)20-19(21-18(15)25)23-8-4-5-9-23/h6-7,10-11H,1,4-5,8-9H2,2-3H3,(H,20,21,22,25). The molecule has 0 radical (unpaired) electrons. The van der Waals surface area contributed by atoms with E-state index >= 15 is 0 Å². The summed E-state index contributed by atoms with van der Waals surface area (Å²) in [6, 6.07) is 6.10. The van der Waals surface area contributed by atoms with Gasteiger partial charge in [-0.25, -0.2) is 4.68 Å². The second-order valence-corrected chi connectivity index (χ2v) is 6.68. The Hall–Kier alpha value is -2.89. The maximum atomic E-state index is 12.4. The Morgan fingerprint density at radius 3 is 2.72 bits per heavy atom. The van der Waals surface area contributed by atoms with Crippen molar-refractivity contribution in [3.8, 4) is 5.69 Å². The van der Waals surface area contributed by atoms with Crippen LogP contribution < -0.4 is 10.5 Å². The Labute approximate surface area is 145 Å². The summed E-state index contributed by atoms with van der Waals surface area (Å²) >= 11 is 0. The molecule has 0 spiro atoms. The lowest BCUT2D eigenvalue weighted by Crippen LogP contribution is -2.23. The minimum absolute atomic E-state index is 0.144. The molecule has 0 saturated carbocycles. The Morgan fingerprint density at radius 1 is 1.28 bits per heavy atom. The molecule has 1 aliphatic rings. The summed E-state index contributed by atoms with van der Waals surface area (Å²) in [4.78, 5) is 22.0. The highest BCUT2D eigenvalue weighted by Gasteiger charge is 2.17. The minimum Gasteiger partial charge on any atom is -0.342 e. The largest absolute Gasteiger partial charge is 0.342 e. The van der Waals surface area contributed by atoms with Gasteiger partial charge in [-0.05, 0) is 49.9 Å². The lowest BCUT2D eigenvalue weighted by atomic mass is 10.1. The second-order valence-electron chi connectivity index (χ2n) is 6.68. The fourth-order valence-electron chi connectivity index (χ4n) is 3.28. The Morgan fingerprint density at radius 2 is 2.04 bits per heavy atom. The van der Waals surface area contributed by atoms with Gasteiger partial charge in [-0.15, -0.1) is 5.10 Å². The molecule has 6 heteroatoms. The zero-order valence-corrected chi connectivity index (χ0v) is 14.5. The highest BCUT2D eigenvalue weighted by atomic mass is 16.1. The van der Waals surface area contributed by atoms with Gasteiger partial charge in [0.1, 0.15) is 5.39 Å². The maximum absolute atomic E-state index is 12.4. The lowest BCUT2D eigenvalue weighted by Gasteiger charge is -2.14. The summed E-state index contributed by atoms with van der Waals surface area (Å²) in [7, 11) is 0. The number of anilines is 1. The van der Waals surface area contributed by atoms with Gasteiger partial charge in [0, 0.05) is 19.3 Å². The number of hydrogen-bond donors (Lipinski definition) is 1. The van der Waals surface area contributed by atoms with E-state index in [9.17, 15) is 4.79 Å². The van der Waals surface area contributed by atoms with Gasteiger partial charge in [-0.3, -0.25) is 9.78 Å². The van der Waals surface area contributed by atoms with Crippen molar-refractivity contribution in [1.82, 2.24) is 19.7 Å². The summed E-state index contributed by atoms with van der Waals surface area (Å²) in [5.41, 5.74) is 4.47. The Kier molecular flexibility index (Phi) is 3.67. The average Bonchev–Trinajstić information content (AvgIpc) is 3.24. The zero-order valence-electron chi connectivity index (χ0n) is 14.5. The third-order valence-corrected chi connectivity index (χ3v) is 4.72. The number of hydrogen-bond acceptors (Lipinski definition) is 4. The lowest BCUT2D eigenvalue weighted by molar-refractivity contribution is 0.870. The SMILES string of the molecule is C=C(C)c1ccc(-n2cc3c(=O)[nH]c(N4CCCC4)nc3n2)c(C)c1. The molecule has 0 aliphatic carbocycles. The van der Waals surface area contributed by atoms with Crippen molar-refractivity contribution in [1.29, 1.82) is 0 Å². The van der Waals surface area contributed by atoms with E-state index in [1.54, 1.807) is 10.9 Å². The third-order valence-electron chi connectivity index (χ3n) is 4.72. The smallest absolute Gasteiger partial charge is 0.263 e. The van der Waals surface area contributed by atoms with Crippen molar-refractivity contribution >= 4 is 22.6 Å². The van der Waals surface area contributed by atoms with Gasteiger partial charge >= 0.3 is 0 Å². The summed E-state index contributed by atoms with van der Waals surface area (Å²) in [5, 5.41) is 5.05. The predicted molar refractivity (Wildman–Crippen MR) is 100 cm³/mol. The molecule has 3 aromatic rings. The first kappa shape index (κ1) is 15.6. The van der Waals surface area contributed by atoms with Crippen LogP contribution in [0.4, 0.5) is 5.95 Å². The fraction of sp³-hybridized carbons (Fsp3) is 0.316. The van der Waals surface area contributed by atoms with E-state index in [4.69, 9.17) is 0 Å². The first-order chi connectivity index (χ1) is 12.0. The first-order valence-electron chi connectivity index (χ1n) is 8.54. The highest BCUT2D eigenvalue weighted by Crippen LogP contribution is 2.21. The van der Waals surface area contributed by atoms with Gasteiger partial charge in [-0.2, -0.15) is 4.98 Å². The molecule has 1 saturated heterocycles. The fourth-order valence-corrected chi connectivity index (χ4v) is 3.28. The number of H-pyrrole nitrogens is 1. The van der Waals surface area contributed by atoms with Crippen LogP contribution in [0.15, 0.2) is 35.8 Å². The molecule has 0 atom stereocenters. The molecular weight excluding hydrogens is 314 g/mol. The van der Waals surface area contributed by atoms with Crippen molar-refractivity contribution in [2.24, 2.45) is 0 Å². The normalized spacial score (nSPS) is 14.4. The van der Waals surface area contributed by atoms with Gasteiger partial charge in [0.05, 0.1) is 5.69 Å². The number of aromatic nitrogens is 4. The summed E-state index contributed by atoms with van der Waals surface area (Å²) in [5.74, 6) is 0.620. The van der Waals surface area contributed by atoms with E-state index in [1.807, 2.05) is 26.0 Å². The molecule has 0 bridgehead atoms. The van der Waals surface area contributed by atoms with Crippen molar-refractivity contribution in [2.75, 3.05) is 18.0 Å². The van der Waals surface area contributed by atoms with Crippen molar-refractivity contribution in [2.45, 2.75) is 26.7 Å². The van der Waals surface area contributed by atoms with E-state index in [0.717, 1.165) is 48.3 Å². The van der Waals surface area contributed by atoms with Crippen LogP contribution in [0.1, 0.15) is 30.9 Å². The Bertz CT molecular complexity index is 1020.